The van der Waals surface area contributed by atoms with Crippen LogP contribution in [0, 0.1) is 0 Å². The van der Waals surface area contributed by atoms with E-state index in [2.05, 4.69) is 26.1 Å². The molecular formula is C11H23N. The number of unbranched alkanes of at least 4 members (excludes halogenated alkanes) is 2. The molecule has 1 heteroatoms. The molecule has 0 saturated carbocycles. The molecule has 0 bridgehead atoms. The first-order valence-corrected chi connectivity index (χ1v) is 5.12. The summed E-state index contributed by atoms with van der Waals surface area (Å²) >= 11 is 0. The van der Waals surface area contributed by atoms with Gasteiger partial charge in [0.25, 0.3) is 0 Å². The van der Waals surface area contributed by atoms with E-state index in [0.29, 0.717) is 0 Å². The molecule has 0 unspecified atom stereocenters. The smallest absolute Gasteiger partial charge is 0.00930 e. The second kappa shape index (κ2) is 7.20. The summed E-state index contributed by atoms with van der Waals surface area (Å²) in [5.74, 6) is 0. The first-order valence-electron chi connectivity index (χ1n) is 5.12. The van der Waals surface area contributed by atoms with Crippen molar-refractivity contribution in [3.8, 4) is 0 Å². The van der Waals surface area contributed by atoms with Crippen molar-refractivity contribution in [3.05, 3.63) is 11.3 Å². The molecule has 0 aromatic heterocycles. The molecule has 0 radical (unpaired) electrons. The van der Waals surface area contributed by atoms with Crippen LogP contribution in [0.4, 0.5) is 0 Å². The minimum Gasteiger partial charge on any atom is -0.391 e. The van der Waals surface area contributed by atoms with Gasteiger partial charge < -0.3 is 5.32 Å². The molecule has 12 heavy (non-hydrogen) atoms. The SMILES string of the molecule is CCCCC/C(NC)=C(/C)CC. The molecule has 1 nitrogen and oxygen atoms in total. The first-order chi connectivity index (χ1) is 5.76. The highest BCUT2D eigenvalue weighted by Crippen LogP contribution is 2.12. The Morgan fingerprint density at radius 3 is 2.25 bits per heavy atom. The third kappa shape index (κ3) is 4.42. The maximum absolute atomic E-state index is 3.29. The lowest BCUT2D eigenvalue weighted by Crippen LogP contribution is -2.08. The van der Waals surface area contributed by atoms with E-state index < -0.39 is 0 Å². The molecule has 0 aromatic rings. The van der Waals surface area contributed by atoms with Crippen molar-refractivity contribution < 1.29 is 0 Å². The van der Waals surface area contributed by atoms with Gasteiger partial charge in [-0.2, -0.15) is 0 Å². The molecule has 1 N–H and O–H groups in total. The van der Waals surface area contributed by atoms with Gasteiger partial charge in [-0.15, -0.1) is 0 Å². The van der Waals surface area contributed by atoms with Gasteiger partial charge in [0.05, 0.1) is 0 Å². The molecule has 0 fully saturated rings. The lowest BCUT2D eigenvalue weighted by Gasteiger charge is -2.10. The van der Waals surface area contributed by atoms with Crippen LogP contribution in [0.5, 0.6) is 0 Å². The molecule has 72 valence electrons. The molecule has 0 saturated heterocycles. The highest BCUT2D eigenvalue weighted by molar-refractivity contribution is 5.09. The maximum atomic E-state index is 3.29. The minimum absolute atomic E-state index is 1.17. The summed E-state index contributed by atoms with van der Waals surface area (Å²) < 4.78 is 0. The van der Waals surface area contributed by atoms with E-state index in [9.17, 15) is 0 Å². The quantitative estimate of drug-likeness (QED) is 0.600. The zero-order valence-electron chi connectivity index (χ0n) is 9.04. The summed E-state index contributed by atoms with van der Waals surface area (Å²) in [5, 5.41) is 3.29. The number of rotatable bonds is 6. The average Bonchev–Trinajstić information content (AvgIpc) is 2.11. The molecule has 0 aliphatic rings. The fourth-order valence-electron chi connectivity index (χ4n) is 1.32. The number of nitrogens with one attached hydrogen (secondary N) is 1. The summed E-state index contributed by atoms with van der Waals surface area (Å²) in [7, 11) is 2.03. The molecular weight excluding hydrogens is 146 g/mol. The van der Waals surface area contributed by atoms with Crippen LogP contribution < -0.4 is 5.32 Å². The van der Waals surface area contributed by atoms with Crippen molar-refractivity contribution in [2.24, 2.45) is 0 Å². The van der Waals surface area contributed by atoms with E-state index in [1.165, 1.54) is 43.4 Å². The van der Waals surface area contributed by atoms with Crippen LogP contribution >= 0.6 is 0 Å². The van der Waals surface area contributed by atoms with E-state index >= 15 is 0 Å². The van der Waals surface area contributed by atoms with Crippen molar-refractivity contribution in [1.29, 1.82) is 0 Å². The lowest BCUT2D eigenvalue weighted by atomic mass is 10.1. The van der Waals surface area contributed by atoms with E-state index in [1.807, 2.05) is 7.05 Å². The van der Waals surface area contributed by atoms with E-state index in [4.69, 9.17) is 0 Å². The monoisotopic (exact) mass is 169 g/mol. The Balaban J connectivity index is 3.82. The molecule has 0 amide bonds. The Morgan fingerprint density at radius 1 is 1.17 bits per heavy atom. The average molecular weight is 169 g/mol. The van der Waals surface area contributed by atoms with Gasteiger partial charge in [-0.3, -0.25) is 0 Å². The molecule has 0 atom stereocenters. The van der Waals surface area contributed by atoms with Gasteiger partial charge in [0, 0.05) is 12.7 Å². The molecule has 0 aliphatic carbocycles. The van der Waals surface area contributed by atoms with Crippen molar-refractivity contribution in [2.75, 3.05) is 7.05 Å². The predicted molar refractivity (Wildman–Crippen MR) is 56.2 cm³/mol. The standard InChI is InChI=1S/C11H23N/c1-5-7-8-9-11(12-4)10(3)6-2/h12H,5-9H2,1-4H3/b11-10+. The van der Waals surface area contributed by atoms with Gasteiger partial charge in [-0.1, -0.05) is 32.3 Å². The summed E-state index contributed by atoms with van der Waals surface area (Å²) in [4.78, 5) is 0. The zero-order chi connectivity index (χ0) is 9.40. The molecule has 0 rings (SSSR count). The van der Waals surface area contributed by atoms with Crippen LogP contribution in [0.15, 0.2) is 11.3 Å². The third-order valence-electron chi connectivity index (χ3n) is 2.38. The normalized spacial score (nSPS) is 12.7. The van der Waals surface area contributed by atoms with Crippen LogP contribution in [-0.4, -0.2) is 7.05 Å². The highest BCUT2D eigenvalue weighted by Gasteiger charge is 1.97. The number of allylic oxidation sites excluding steroid dienone is 2. The predicted octanol–water partition coefficient (Wildman–Crippen LogP) is 3.47. The summed E-state index contributed by atoms with van der Waals surface area (Å²) in [6.07, 6.45) is 6.38. The third-order valence-corrected chi connectivity index (χ3v) is 2.38. The van der Waals surface area contributed by atoms with E-state index in [1.54, 1.807) is 0 Å². The van der Waals surface area contributed by atoms with Gasteiger partial charge in [-0.25, -0.2) is 0 Å². The van der Waals surface area contributed by atoms with Crippen LogP contribution in [-0.2, 0) is 0 Å². The minimum atomic E-state index is 1.17. The van der Waals surface area contributed by atoms with E-state index in [-0.39, 0.29) is 0 Å². The van der Waals surface area contributed by atoms with Crippen molar-refractivity contribution in [1.82, 2.24) is 5.32 Å². The Morgan fingerprint density at radius 2 is 1.83 bits per heavy atom. The summed E-state index contributed by atoms with van der Waals surface area (Å²) in [6.45, 7) is 6.68. The van der Waals surface area contributed by atoms with Gasteiger partial charge in [0.15, 0.2) is 0 Å². The molecule has 0 aromatic carbocycles. The second-order valence-corrected chi connectivity index (χ2v) is 3.32. The number of hydrogen-bond acceptors (Lipinski definition) is 1. The Labute approximate surface area is 77.2 Å². The van der Waals surface area contributed by atoms with Crippen molar-refractivity contribution in [3.63, 3.8) is 0 Å². The zero-order valence-corrected chi connectivity index (χ0v) is 9.04. The summed E-state index contributed by atoms with van der Waals surface area (Å²) in [6, 6.07) is 0. The lowest BCUT2D eigenvalue weighted by molar-refractivity contribution is 0.681. The second-order valence-electron chi connectivity index (χ2n) is 3.32. The first kappa shape index (κ1) is 11.5. The Hall–Kier alpha value is -0.460. The van der Waals surface area contributed by atoms with Gasteiger partial charge in [0.2, 0.25) is 0 Å². The fraction of sp³-hybridized carbons (Fsp3) is 0.818. The van der Waals surface area contributed by atoms with Crippen LogP contribution in [0.3, 0.4) is 0 Å². The van der Waals surface area contributed by atoms with Gasteiger partial charge >= 0.3 is 0 Å². The largest absolute Gasteiger partial charge is 0.391 e. The Bertz CT molecular complexity index is 136. The Kier molecular flexibility index (Phi) is 6.93. The van der Waals surface area contributed by atoms with Crippen LogP contribution in [0.2, 0.25) is 0 Å². The number of hydrogen-bond donors (Lipinski definition) is 1. The fourth-order valence-corrected chi connectivity index (χ4v) is 1.32. The van der Waals surface area contributed by atoms with Crippen LogP contribution in [0.25, 0.3) is 0 Å². The summed E-state index contributed by atoms with van der Waals surface area (Å²) in [5.41, 5.74) is 2.96. The van der Waals surface area contributed by atoms with Crippen LogP contribution in [0.1, 0.15) is 52.9 Å². The van der Waals surface area contributed by atoms with Crippen molar-refractivity contribution in [2.45, 2.75) is 52.9 Å². The van der Waals surface area contributed by atoms with Crippen molar-refractivity contribution >= 4 is 0 Å². The molecule has 0 heterocycles. The van der Waals surface area contributed by atoms with E-state index in [0.717, 1.165) is 0 Å². The topological polar surface area (TPSA) is 12.0 Å². The maximum Gasteiger partial charge on any atom is 0.00930 e. The van der Waals surface area contributed by atoms with Gasteiger partial charge in [0.1, 0.15) is 0 Å². The highest BCUT2D eigenvalue weighted by atomic mass is 14.8. The molecule has 0 aliphatic heterocycles. The van der Waals surface area contributed by atoms with Gasteiger partial charge in [-0.05, 0) is 26.2 Å². The molecule has 0 spiro atoms.